The zero-order valence-electron chi connectivity index (χ0n) is 20.1. The van der Waals surface area contributed by atoms with Gasteiger partial charge >= 0.3 is 6.09 Å². The lowest BCUT2D eigenvalue weighted by atomic mass is 9.93. The first kappa shape index (κ1) is 21.5. The fourth-order valence-electron chi connectivity index (χ4n) is 6.00. The molecule has 32 heavy (non-hydrogen) atoms. The lowest BCUT2D eigenvalue weighted by molar-refractivity contribution is 0.0156. The Bertz CT molecular complexity index is 1110. The minimum Gasteiger partial charge on any atom is -0.444 e. The number of carbonyl (C=O) groups is 1. The summed E-state index contributed by atoms with van der Waals surface area (Å²) in [5.74, 6) is 1.13. The zero-order valence-corrected chi connectivity index (χ0v) is 20.1. The molecule has 2 aliphatic carbocycles. The van der Waals surface area contributed by atoms with E-state index in [1.807, 2.05) is 25.7 Å². The smallest absolute Gasteiger partial charge is 0.410 e. The Morgan fingerprint density at radius 3 is 2.62 bits per heavy atom. The first-order valence-electron chi connectivity index (χ1n) is 12.3. The minimum absolute atomic E-state index is 0.0321. The summed E-state index contributed by atoms with van der Waals surface area (Å²) in [4.78, 5) is 27.7. The number of aromatic nitrogens is 3. The number of hydrogen-bond acceptors (Lipinski definition) is 4. The van der Waals surface area contributed by atoms with Gasteiger partial charge in [-0.3, -0.25) is 4.79 Å². The van der Waals surface area contributed by atoms with Crippen molar-refractivity contribution in [3.63, 3.8) is 0 Å². The Morgan fingerprint density at radius 1 is 1.22 bits per heavy atom. The summed E-state index contributed by atoms with van der Waals surface area (Å²) in [6.45, 7) is 11.6. The molecule has 0 radical (unpaired) electrons. The Balaban J connectivity index is 1.43. The van der Waals surface area contributed by atoms with Crippen molar-refractivity contribution >= 4 is 11.7 Å². The Labute approximate surface area is 189 Å². The van der Waals surface area contributed by atoms with Crippen LogP contribution in [0.3, 0.4) is 0 Å². The predicted molar refractivity (Wildman–Crippen MR) is 123 cm³/mol. The van der Waals surface area contributed by atoms with E-state index in [1.54, 1.807) is 4.52 Å². The summed E-state index contributed by atoms with van der Waals surface area (Å²) >= 11 is 0. The highest BCUT2D eigenvalue weighted by Crippen LogP contribution is 2.43. The van der Waals surface area contributed by atoms with E-state index < -0.39 is 5.60 Å². The van der Waals surface area contributed by atoms with Gasteiger partial charge in [0, 0.05) is 36.5 Å². The normalized spacial score (nSPS) is 25.1. The second-order valence-corrected chi connectivity index (χ2v) is 11.3. The van der Waals surface area contributed by atoms with Crippen LogP contribution in [0.4, 0.5) is 4.79 Å². The average molecular weight is 441 g/mol. The largest absolute Gasteiger partial charge is 0.444 e. The number of likely N-dealkylation sites (tertiary alicyclic amines) is 1. The van der Waals surface area contributed by atoms with E-state index in [-0.39, 0.29) is 23.6 Å². The van der Waals surface area contributed by atoms with Crippen molar-refractivity contribution < 1.29 is 9.53 Å². The van der Waals surface area contributed by atoms with Crippen LogP contribution in [0.15, 0.2) is 11.0 Å². The zero-order chi connectivity index (χ0) is 22.8. The van der Waals surface area contributed by atoms with Crippen LogP contribution in [0.2, 0.25) is 0 Å². The molecule has 1 saturated carbocycles. The fraction of sp³-hybridized carbons (Fsp3) is 0.720. The first-order chi connectivity index (χ1) is 15.1. The van der Waals surface area contributed by atoms with Crippen molar-refractivity contribution in [1.29, 1.82) is 0 Å². The molecule has 0 aromatic carbocycles. The molecule has 2 aromatic rings. The summed E-state index contributed by atoms with van der Waals surface area (Å²) in [6.07, 6.45) is 8.24. The predicted octanol–water partition coefficient (Wildman–Crippen LogP) is 4.14. The number of piperidine rings is 1. The van der Waals surface area contributed by atoms with Gasteiger partial charge in [0.2, 0.25) is 0 Å². The number of hydrogen-bond donors (Lipinski definition) is 0. The summed E-state index contributed by atoms with van der Waals surface area (Å²) in [7, 11) is 0. The average Bonchev–Trinajstić information content (AvgIpc) is 3.40. The van der Waals surface area contributed by atoms with Crippen LogP contribution in [0, 0.1) is 11.8 Å². The van der Waals surface area contributed by atoms with Crippen LogP contribution >= 0.6 is 0 Å². The molecule has 0 unspecified atom stereocenters. The van der Waals surface area contributed by atoms with Gasteiger partial charge in [-0.2, -0.15) is 9.61 Å². The maximum atomic E-state index is 13.2. The summed E-state index contributed by atoms with van der Waals surface area (Å²) in [6, 6.07) is 0.263. The minimum atomic E-state index is -0.464. The second kappa shape index (κ2) is 7.63. The molecule has 174 valence electrons. The van der Waals surface area contributed by atoms with E-state index in [4.69, 9.17) is 9.84 Å². The first-order valence-corrected chi connectivity index (χ1v) is 12.3. The number of aryl methyl sites for hydroxylation is 2. The molecule has 0 N–H and O–H groups in total. The van der Waals surface area contributed by atoms with Crippen LogP contribution in [0.1, 0.15) is 83.0 Å². The molecule has 3 heterocycles. The van der Waals surface area contributed by atoms with Gasteiger partial charge in [0.15, 0.2) is 0 Å². The fourth-order valence-corrected chi connectivity index (χ4v) is 6.00. The van der Waals surface area contributed by atoms with E-state index >= 15 is 0 Å². The van der Waals surface area contributed by atoms with Crippen molar-refractivity contribution in [2.75, 3.05) is 6.54 Å². The van der Waals surface area contributed by atoms with Gasteiger partial charge in [0.1, 0.15) is 11.2 Å². The van der Waals surface area contributed by atoms with Gasteiger partial charge in [0.25, 0.3) is 5.56 Å². The summed E-state index contributed by atoms with van der Waals surface area (Å²) in [5.41, 5.74) is 3.77. The third kappa shape index (κ3) is 3.63. The standard InChI is InChI=1S/C25H36N4O3/c1-15(2)20-14-27(22-19-8-6-7-9-21(19)26-29(22)23(20)30)12-16-10-18-11-17(16)13-28(18)24(31)32-25(3,4)5/h14-18H,6-13H2,1-5H3/t16-,17-,18+/m1/s1. The van der Waals surface area contributed by atoms with Gasteiger partial charge in [0.05, 0.1) is 5.69 Å². The SMILES string of the molecule is CC(C)c1cn(C[C@H]2C[C@H]3C[C@@H]2CN3C(=O)OC(C)(C)C)c2c3c(nn2c1=O)CCCC3. The Kier molecular flexibility index (Phi) is 5.13. The van der Waals surface area contributed by atoms with E-state index in [9.17, 15) is 9.59 Å². The molecular formula is C25H36N4O3. The van der Waals surface area contributed by atoms with Crippen molar-refractivity contribution in [2.24, 2.45) is 11.8 Å². The number of rotatable bonds is 3. The van der Waals surface area contributed by atoms with Crippen LogP contribution in [0.25, 0.3) is 5.65 Å². The van der Waals surface area contributed by atoms with Crippen molar-refractivity contribution in [3.05, 3.63) is 33.4 Å². The lowest BCUT2D eigenvalue weighted by Gasteiger charge is -2.33. The van der Waals surface area contributed by atoms with Gasteiger partial charge in [-0.15, -0.1) is 0 Å². The molecule has 7 nitrogen and oxygen atoms in total. The van der Waals surface area contributed by atoms with E-state index in [1.165, 1.54) is 5.56 Å². The molecule has 3 atom stereocenters. The van der Waals surface area contributed by atoms with E-state index in [2.05, 4.69) is 24.6 Å². The molecule has 5 rings (SSSR count). The van der Waals surface area contributed by atoms with Crippen molar-refractivity contribution in [2.45, 2.75) is 97.2 Å². The van der Waals surface area contributed by atoms with Gasteiger partial charge in [-0.1, -0.05) is 13.8 Å². The molecule has 1 aliphatic heterocycles. The van der Waals surface area contributed by atoms with Crippen molar-refractivity contribution in [3.8, 4) is 0 Å². The highest BCUT2D eigenvalue weighted by Gasteiger charge is 2.47. The van der Waals surface area contributed by atoms with E-state index in [0.29, 0.717) is 11.8 Å². The molecular weight excluding hydrogens is 404 g/mol. The maximum Gasteiger partial charge on any atom is 0.410 e. The van der Waals surface area contributed by atoms with Crippen LogP contribution in [0.5, 0.6) is 0 Å². The summed E-state index contributed by atoms with van der Waals surface area (Å²) < 4.78 is 9.63. The van der Waals surface area contributed by atoms with Gasteiger partial charge in [-0.05, 0) is 77.0 Å². The molecule has 2 fully saturated rings. The molecule has 3 aliphatic rings. The third-order valence-electron chi connectivity index (χ3n) is 7.51. The topological polar surface area (TPSA) is 68.8 Å². The molecule has 2 bridgehead atoms. The van der Waals surface area contributed by atoms with Crippen LogP contribution in [-0.4, -0.2) is 43.4 Å². The number of fused-ring (bicyclic) bond motifs is 5. The Morgan fingerprint density at radius 2 is 1.97 bits per heavy atom. The molecule has 1 saturated heterocycles. The van der Waals surface area contributed by atoms with Crippen LogP contribution < -0.4 is 5.56 Å². The Hall–Kier alpha value is -2.31. The number of ether oxygens (including phenoxy) is 1. The van der Waals surface area contributed by atoms with Crippen LogP contribution in [-0.2, 0) is 24.1 Å². The molecule has 1 amide bonds. The highest BCUT2D eigenvalue weighted by atomic mass is 16.6. The maximum absolute atomic E-state index is 13.2. The number of amides is 1. The monoisotopic (exact) mass is 440 g/mol. The molecule has 7 heteroatoms. The lowest BCUT2D eigenvalue weighted by Crippen LogP contribution is -2.43. The quantitative estimate of drug-likeness (QED) is 0.719. The van der Waals surface area contributed by atoms with Gasteiger partial charge < -0.3 is 14.2 Å². The second-order valence-electron chi connectivity index (χ2n) is 11.3. The summed E-state index contributed by atoms with van der Waals surface area (Å²) in [5, 5.41) is 4.76. The molecule has 0 spiro atoms. The number of nitrogens with zero attached hydrogens (tertiary/aromatic N) is 4. The van der Waals surface area contributed by atoms with Crippen molar-refractivity contribution in [1.82, 2.24) is 19.1 Å². The van der Waals surface area contributed by atoms with Gasteiger partial charge in [-0.25, -0.2) is 4.79 Å². The highest BCUT2D eigenvalue weighted by molar-refractivity contribution is 5.69. The molecule has 2 aromatic heterocycles. The third-order valence-corrected chi connectivity index (χ3v) is 7.51. The number of carbonyl (C=O) groups excluding carboxylic acids is 1. The van der Waals surface area contributed by atoms with E-state index in [0.717, 1.165) is 68.5 Å².